The molecule has 12 heteroatoms. The van der Waals surface area contributed by atoms with Crippen LogP contribution in [0.5, 0.6) is 0 Å². The predicted octanol–water partition coefficient (Wildman–Crippen LogP) is 2.09. The molecule has 0 atom stereocenters. The normalized spacial score (nSPS) is 11.5. The topological polar surface area (TPSA) is 111 Å². The highest BCUT2D eigenvalue weighted by Crippen LogP contribution is 2.20. The number of carbonyl (C=O) groups is 2. The van der Waals surface area contributed by atoms with Gasteiger partial charge in [0.05, 0.1) is 29.7 Å². The van der Waals surface area contributed by atoms with Crippen molar-refractivity contribution in [3.05, 3.63) is 53.2 Å². The van der Waals surface area contributed by atoms with E-state index in [0.29, 0.717) is 22.2 Å². The van der Waals surface area contributed by atoms with E-state index in [-0.39, 0.29) is 36.9 Å². The van der Waals surface area contributed by atoms with Crippen LogP contribution in [0, 0.1) is 6.92 Å². The Balaban J connectivity index is 1.75. The number of aromatic nitrogens is 4. The average molecular weight is 450 g/mol. The Hall–Kier alpha value is -3.54. The number of pyridine rings is 2. The lowest BCUT2D eigenvalue weighted by Gasteiger charge is -2.09. The highest BCUT2D eigenvalue weighted by molar-refractivity contribution is 6.04. The molecule has 0 aromatic carbocycles. The van der Waals surface area contributed by atoms with Gasteiger partial charge in [-0.25, -0.2) is 0 Å². The molecule has 0 unspecified atom stereocenters. The minimum absolute atomic E-state index is 0.148. The standard InChI is InChI=1S/C20H21F3N6O3/c1-12-7-14(8-15(27-12)11-32-20(21,22)23)9-29-10-16-17(28-29)3-4-25-18(16)19(31)26-6-5-24-13(2)30/h3-4,7-8,10H,5-6,9,11H2,1-2H3,(H,24,30)(H,26,31). The Kier molecular flexibility index (Phi) is 7.03. The fourth-order valence-electron chi connectivity index (χ4n) is 3.08. The smallest absolute Gasteiger partial charge is 0.355 e. The van der Waals surface area contributed by atoms with Crippen molar-refractivity contribution >= 4 is 22.7 Å². The number of ether oxygens (including phenoxy) is 1. The van der Waals surface area contributed by atoms with Crippen LogP contribution in [-0.4, -0.2) is 51.0 Å². The van der Waals surface area contributed by atoms with Crippen LogP contribution in [0.25, 0.3) is 10.9 Å². The Morgan fingerprint density at radius 1 is 1.19 bits per heavy atom. The summed E-state index contributed by atoms with van der Waals surface area (Å²) in [7, 11) is 0. The van der Waals surface area contributed by atoms with E-state index in [0.717, 1.165) is 0 Å². The molecule has 0 saturated heterocycles. The first-order valence-corrected chi connectivity index (χ1v) is 9.62. The van der Waals surface area contributed by atoms with Gasteiger partial charge in [-0.05, 0) is 30.7 Å². The second kappa shape index (κ2) is 9.73. The number of alkyl halides is 3. The zero-order chi connectivity index (χ0) is 23.3. The predicted molar refractivity (Wildman–Crippen MR) is 107 cm³/mol. The molecule has 0 fully saturated rings. The van der Waals surface area contributed by atoms with Gasteiger partial charge in [0.2, 0.25) is 5.91 Å². The van der Waals surface area contributed by atoms with Gasteiger partial charge >= 0.3 is 6.36 Å². The summed E-state index contributed by atoms with van der Waals surface area (Å²) in [5.74, 6) is -0.605. The summed E-state index contributed by atoms with van der Waals surface area (Å²) in [5, 5.41) is 10.2. The van der Waals surface area contributed by atoms with Crippen molar-refractivity contribution in [3.8, 4) is 0 Å². The summed E-state index contributed by atoms with van der Waals surface area (Å²) < 4.78 is 42.4. The zero-order valence-electron chi connectivity index (χ0n) is 17.4. The maximum absolute atomic E-state index is 12.5. The van der Waals surface area contributed by atoms with E-state index in [4.69, 9.17) is 0 Å². The van der Waals surface area contributed by atoms with Crippen molar-refractivity contribution < 1.29 is 27.5 Å². The van der Waals surface area contributed by atoms with Gasteiger partial charge in [-0.3, -0.25) is 29.0 Å². The lowest BCUT2D eigenvalue weighted by Crippen LogP contribution is -2.34. The maximum Gasteiger partial charge on any atom is 0.522 e. The highest BCUT2D eigenvalue weighted by atomic mass is 19.4. The van der Waals surface area contributed by atoms with Crippen LogP contribution in [-0.2, 0) is 22.7 Å². The number of carbonyl (C=O) groups excluding carboxylic acids is 2. The van der Waals surface area contributed by atoms with Crippen LogP contribution in [0.15, 0.2) is 30.6 Å². The molecule has 2 N–H and O–H groups in total. The van der Waals surface area contributed by atoms with Gasteiger partial charge in [0.25, 0.3) is 5.91 Å². The summed E-state index contributed by atoms with van der Waals surface area (Å²) in [6.07, 6.45) is -1.63. The van der Waals surface area contributed by atoms with Crippen molar-refractivity contribution in [1.29, 1.82) is 0 Å². The van der Waals surface area contributed by atoms with Gasteiger partial charge in [0.15, 0.2) is 0 Å². The Bertz CT molecular complexity index is 1130. The minimum atomic E-state index is -4.74. The summed E-state index contributed by atoms with van der Waals surface area (Å²) in [6.45, 7) is 3.15. The van der Waals surface area contributed by atoms with E-state index >= 15 is 0 Å². The van der Waals surface area contributed by atoms with Gasteiger partial charge in [0.1, 0.15) is 5.69 Å². The van der Waals surface area contributed by atoms with Gasteiger partial charge < -0.3 is 10.6 Å². The number of aryl methyl sites for hydroxylation is 1. The molecular formula is C20H21F3N6O3. The van der Waals surface area contributed by atoms with Crippen LogP contribution in [0.2, 0.25) is 0 Å². The van der Waals surface area contributed by atoms with Crippen molar-refractivity contribution in [2.45, 2.75) is 33.4 Å². The lowest BCUT2D eigenvalue weighted by molar-refractivity contribution is -0.330. The summed E-state index contributed by atoms with van der Waals surface area (Å²) in [6, 6.07) is 4.90. The molecule has 3 aromatic heterocycles. The van der Waals surface area contributed by atoms with Gasteiger partial charge in [-0.2, -0.15) is 5.10 Å². The molecule has 3 aromatic rings. The fraction of sp³-hybridized carbons (Fsp3) is 0.350. The van der Waals surface area contributed by atoms with Crippen molar-refractivity contribution in [2.75, 3.05) is 13.1 Å². The van der Waals surface area contributed by atoms with Crippen LogP contribution < -0.4 is 10.6 Å². The Morgan fingerprint density at radius 3 is 2.66 bits per heavy atom. The Morgan fingerprint density at radius 2 is 1.94 bits per heavy atom. The molecule has 0 aliphatic carbocycles. The maximum atomic E-state index is 12.5. The number of halogens is 3. The first-order chi connectivity index (χ1) is 15.1. The molecule has 9 nitrogen and oxygen atoms in total. The largest absolute Gasteiger partial charge is 0.522 e. The first-order valence-electron chi connectivity index (χ1n) is 9.62. The quantitative estimate of drug-likeness (QED) is 0.509. The summed E-state index contributed by atoms with van der Waals surface area (Å²) >= 11 is 0. The van der Waals surface area contributed by atoms with Gasteiger partial charge in [-0.1, -0.05) is 0 Å². The van der Waals surface area contributed by atoms with E-state index in [1.165, 1.54) is 19.2 Å². The number of hydrogen-bond acceptors (Lipinski definition) is 6. The van der Waals surface area contributed by atoms with E-state index in [1.54, 1.807) is 29.9 Å². The molecule has 0 saturated carbocycles. The number of nitrogens with one attached hydrogen (secondary N) is 2. The second-order valence-electron chi connectivity index (χ2n) is 7.00. The van der Waals surface area contributed by atoms with Crippen molar-refractivity contribution in [1.82, 2.24) is 30.4 Å². The number of rotatable bonds is 8. The third kappa shape index (κ3) is 6.48. The Labute approximate surface area is 181 Å². The molecule has 0 aliphatic rings. The fourth-order valence-corrected chi connectivity index (χ4v) is 3.08. The van der Waals surface area contributed by atoms with E-state index in [1.807, 2.05) is 0 Å². The average Bonchev–Trinajstić information content (AvgIpc) is 3.10. The van der Waals surface area contributed by atoms with Crippen LogP contribution in [0.1, 0.15) is 34.4 Å². The second-order valence-corrected chi connectivity index (χ2v) is 7.00. The molecule has 3 rings (SSSR count). The first kappa shape index (κ1) is 23.1. The SMILES string of the molecule is CC(=O)NCCNC(=O)c1nccc2nn(Cc3cc(C)nc(COC(F)(F)F)c3)cc12. The molecular weight excluding hydrogens is 429 g/mol. The minimum Gasteiger partial charge on any atom is -0.355 e. The number of nitrogens with zero attached hydrogens (tertiary/aromatic N) is 4. The lowest BCUT2D eigenvalue weighted by atomic mass is 10.2. The highest BCUT2D eigenvalue weighted by Gasteiger charge is 2.29. The van der Waals surface area contributed by atoms with Crippen molar-refractivity contribution in [2.24, 2.45) is 0 Å². The molecule has 0 bridgehead atoms. The van der Waals surface area contributed by atoms with Crippen LogP contribution >= 0.6 is 0 Å². The monoisotopic (exact) mass is 450 g/mol. The van der Waals surface area contributed by atoms with E-state index in [9.17, 15) is 22.8 Å². The van der Waals surface area contributed by atoms with E-state index in [2.05, 4.69) is 30.4 Å². The number of fused-ring (bicyclic) bond motifs is 1. The van der Waals surface area contributed by atoms with Crippen LogP contribution in [0.3, 0.4) is 0 Å². The molecule has 0 radical (unpaired) electrons. The molecule has 170 valence electrons. The molecule has 0 spiro atoms. The zero-order valence-corrected chi connectivity index (χ0v) is 17.4. The summed E-state index contributed by atoms with van der Waals surface area (Å²) in [5.41, 5.74) is 2.09. The third-order valence-electron chi connectivity index (χ3n) is 4.28. The summed E-state index contributed by atoms with van der Waals surface area (Å²) in [4.78, 5) is 31.6. The molecule has 3 heterocycles. The van der Waals surface area contributed by atoms with Gasteiger partial charge in [0, 0.05) is 38.1 Å². The van der Waals surface area contributed by atoms with Crippen LogP contribution in [0.4, 0.5) is 13.2 Å². The van der Waals surface area contributed by atoms with Crippen molar-refractivity contribution in [3.63, 3.8) is 0 Å². The molecule has 32 heavy (non-hydrogen) atoms. The number of hydrogen-bond donors (Lipinski definition) is 2. The van der Waals surface area contributed by atoms with E-state index < -0.39 is 18.9 Å². The van der Waals surface area contributed by atoms with Gasteiger partial charge in [-0.15, -0.1) is 13.2 Å². The number of amides is 2. The third-order valence-corrected chi connectivity index (χ3v) is 4.28. The molecule has 2 amide bonds. The molecule has 0 aliphatic heterocycles.